The average molecular weight is 365 g/mol. The summed E-state index contributed by atoms with van der Waals surface area (Å²) < 4.78 is 63.6. The summed E-state index contributed by atoms with van der Waals surface area (Å²) in [6.45, 7) is 0. The molecule has 0 amide bonds. The molecule has 0 saturated carbocycles. The van der Waals surface area contributed by atoms with Crippen LogP contribution in [0.4, 0.5) is 0 Å². The molecule has 1 aromatic rings. The Bertz CT molecular complexity index is 820. The van der Waals surface area contributed by atoms with Gasteiger partial charge in [0.25, 0.3) is 24.3 Å². The summed E-state index contributed by atoms with van der Waals surface area (Å²) in [7, 11) is -10.3. The largest absolute Gasteiger partial charge is 0.292 e. The van der Waals surface area contributed by atoms with Crippen LogP contribution in [0.2, 0.25) is 0 Å². The summed E-state index contributed by atoms with van der Waals surface area (Å²) in [5.41, 5.74) is 0.468. The van der Waals surface area contributed by atoms with Crippen molar-refractivity contribution < 1.29 is 25.9 Å². The molecule has 1 aliphatic carbocycles. The van der Waals surface area contributed by atoms with Crippen LogP contribution in [0.5, 0.6) is 0 Å². The van der Waals surface area contributed by atoms with Gasteiger partial charge in [0.05, 0.1) is 0 Å². The van der Waals surface area contributed by atoms with Gasteiger partial charge in [0, 0.05) is 17.9 Å². The first-order chi connectivity index (χ1) is 10.1. The van der Waals surface area contributed by atoms with Crippen LogP contribution >= 0.6 is 11.6 Å². The van der Waals surface area contributed by atoms with Gasteiger partial charge in [-0.05, 0) is 11.1 Å². The van der Waals surface area contributed by atoms with Crippen LogP contribution in [0.25, 0.3) is 5.57 Å². The Morgan fingerprint density at radius 1 is 1.09 bits per heavy atom. The molecule has 0 fully saturated rings. The maximum absolute atomic E-state index is 11.8. The molecule has 9 heteroatoms. The third-order valence-corrected chi connectivity index (χ3v) is 7.47. The Kier molecular flexibility index (Phi) is 4.51. The van der Waals surface area contributed by atoms with E-state index in [2.05, 4.69) is 0 Å². The molecule has 1 aromatic carbocycles. The number of allylic oxidation sites excluding steroid dienone is 3. The quantitative estimate of drug-likeness (QED) is 0.626. The van der Waals surface area contributed by atoms with Gasteiger partial charge in [-0.15, -0.1) is 11.6 Å². The molecule has 6 nitrogen and oxygen atoms in total. The molecule has 22 heavy (non-hydrogen) atoms. The van der Waals surface area contributed by atoms with Gasteiger partial charge in [0.15, 0.2) is 0 Å². The van der Waals surface area contributed by atoms with E-state index in [1.807, 2.05) is 0 Å². The minimum absolute atomic E-state index is 0.00423. The smallest absolute Gasteiger partial charge is 0.284 e. The lowest BCUT2D eigenvalue weighted by Gasteiger charge is -2.31. The van der Waals surface area contributed by atoms with Crippen molar-refractivity contribution in [3.05, 3.63) is 53.6 Å². The maximum atomic E-state index is 11.8. The number of benzene rings is 1. The van der Waals surface area contributed by atoms with Gasteiger partial charge in [-0.1, -0.05) is 42.5 Å². The number of hydrogen-bond donors (Lipinski definition) is 2. The molecular formula is C13H13ClO6S2. The van der Waals surface area contributed by atoms with E-state index in [4.69, 9.17) is 11.6 Å². The Morgan fingerprint density at radius 3 is 2.23 bits per heavy atom. The topological polar surface area (TPSA) is 109 Å². The van der Waals surface area contributed by atoms with Crippen LogP contribution in [-0.4, -0.2) is 30.0 Å². The lowest BCUT2D eigenvalue weighted by molar-refractivity contribution is 0.440. The van der Waals surface area contributed by atoms with Crippen LogP contribution < -0.4 is 0 Å². The number of rotatable bonds is 4. The third kappa shape index (κ3) is 2.61. The van der Waals surface area contributed by atoms with Crippen molar-refractivity contribution in [1.82, 2.24) is 0 Å². The second-order valence-corrected chi connectivity index (χ2v) is 8.53. The van der Waals surface area contributed by atoms with Gasteiger partial charge < -0.3 is 0 Å². The van der Waals surface area contributed by atoms with E-state index >= 15 is 0 Å². The van der Waals surface area contributed by atoms with E-state index in [1.165, 1.54) is 24.3 Å². The van der Waals surface area contributed by atoms with Crippen molar-refractivity contribution in [3.63, 3.8) is 0 Å². The van der Waals surface area contributed by atoms with Gasteiger partial charge in [-0.2, -0.15) is 16.8 Å². The summed E-state index contributed by atoms with van der Waals surface area (Å²) >= 11 is 5.80. The van der Waals surface area contributed by atoms with E-state index < -0.39 is 30.7 Å². The second kappa shape index (κ2) is 5.78. The first-order valence-corrected chi connectivity index (χ1v) is 9.52. The van der Waals surface area contributed by atoms with Gasteiger partial charge >= 0.3 is 0 Å². The SMILES string of the molecule is O=S(=O)(O)C1(S(=O)(=O)O)CC=CC=C1c1ccccc1CCl. The zero-order valence-electron chi connectivity index (χ0n) is 11.2. The van der Waals surface area contributed by atoms with Crippen LogP contribution in [0.1, 0.15) is 17.5 Å². The summed E-state index contributed by atoms with van der Waals surface area (Å²) in [5.74, 6) is 0.00423. The first kappa shape index (κ1) is 17.2. The summed E-state index contributed by atoms with van der Waals surface area (Å²) in [6.07, 6.45) is 3.33. The number of alkyl halides is 1. The van der Waals surface area contributed by atoms with Crippen molar-refractivity contribution in [3.8, 4) is 0 Å². The second-order valence-electron chi connectivity index (χ2n) is 4.71. The van der Waals surface area contributed by atoms with Crippen molar-refractivity contribution in [2.75, 3.05) is 0 Å². The molecule has 2 N–H and O–H groups in total. The number of hydrogen-bond acceptors (Lipinski definition) is 4. The summed E-state index contributed by atoms with van der Waals surface area (Å²) in [6, 6.07) is 6.31. The molecule has 1 aliphatic rings. The Morgan fingerprint density at radius 2 is 1.68 bits per heavy atom. The minimum Gasteiger partial charge on any atom is -0.284 e. The Hall–Kier alpha value is -1.19. The third-order valence-electron chi connectivity index (χ3n) is 3.48. The van der Waals surface area contributed by atoms with Crippen molar-refractivity contribution >= 4 is 37.4 Å². The highest BCUT2D eigenvalue weighted by Gasteiger charge is 2.57. The molecule has 0 bridgehead atoms. The molecular weight excluding hydrogens is 352 g/mol. The molecule has 0 heterocycles. The lowest BCUT2D eigenvalue weighted by atomic mass is 9.93. The predicted molar refractivity (Wildman–Crippen MR) is 83.6 cm³/mol. The Balaban J connectivity index is 2.87. The van der Waals surface area contributed by atoms with Crippen LogP contribution in [0.3, 0.4) is 0 Å². The van der Waals surface area contributed by atoms with Gasteiger partial charge in [0.1, 0.15) is 0 Å². The fourth-order valence-corrected chi connectivity index (χ4v) is 5.26. The molecule has 0 spiro atoms. The van der Waals surface area contributed by atoms with Crippen molar-refractivity contribution in [2.45, 2.75) is 16.4 Å². The fourth-order valence-electron chi connectivity index (χ4n) is 2.44. The van der Waals surface area contributed by atoms with Gasteiger partial charge in [0.2, 0.25) is 0 Å². The molecule has 0 aromatic heterocycles. The zero-order valence-corrected chi connectivity index (χ0v) is 13.6. The van der Waals surface area contributed by atoms with E-state index in [0.29, 0.717) is 5.56 Å². The van der Waals surface area contributed by atoms with E-state index in [0.717, 1.165) is 0 Å². The van der Waals surface area contributed by atoms with E-state index in [9.17, 15) is 25.9 Å². The minimum atomic E-state index is -5.17. The Labute approximate surface area is 133 Å². The standard InChI is InChI=1S/C13H13ClO6S2/c14-9-10-5-1-2-6-11(10)12-7-3-4-8-13(12,21(15,16)17)22(18,19)20/h1-7H,8-9H2,(H,15,16,17)(H,18,19,20). The zero-order chi connectivity index (χ0) is 16.6. The van der Waals surface area contributed by atoms with Crippen molar-refractivity contribution in [1.29, 1.82) is 0 Å². The fraction of sp³-hybridized carbons (Fsp3) is 0.231. The van der Waals surface area contributed by atoms with Gasteiger partial charge in [-0.25, -0.2) is 0 Å². The molecule has 0 radical (unpaired) electrons. The predicted octanol–water partition coefficient (Wildman–Crippen LogP) is 2.24. The van der Waals surface area contributed by atoms with Gasteiger partial charge in [-0.3, -0.25) is 9.11 Å². The maximum Gasteiger partial charge on any atom is 0.292 e. The highest BCUT2D eigenvalue weighted by atomic mass is 35.5. The molecule has 0 saturated heterocycles. The molecule has 2 rings (SSSR count). The van der Waals surface area contributed by atoms with Crippen molar-refractivity contribution in [2.24, 2.45) is 0 Å². The monoisotopic (exact) mass is 364 g/mol. The van der Waals surface area contributed by atoms with Crippen LogP contribution in [0.15, 0.2) is 42.5 Å². The molecule has 0 atom stereocenters. The normalized spacial score (nSPS) is 18.0. The lowest BCUT2D eigenvalue weighted by Crippen LogP contribution is -2.47. The molecule has 0 unspecified atom stereocenters. The highest BCUT2D eigenvalue weighted by Crippen LogP contribution is 2.44. The average Bonchev–Trinajstić information content (AvgIpc) is 2.44. The first-order valence-electron chi connectivity index (χ1n) is 6.11. The van der Waals surface area contributed by atoms with Crippen LogP contribution in [0, 0.1) is 0 Å². The van der Waals surface area contributed by atoms with E-state index in [1.54, 1.807) is 18.2 Å². The summed E-state index contributed by atoms with van der Waals surface area (Å²) in [5, 5.41) is 0. The number of halogens is 1. The van der Waals surface area contributed by atoms with E-state index in [-0.39, 0.29) is 17.0 Å². The molecule has 0 aliphatic heterocycles. The molecule has 120 valence electrons. The highest BCUT2D eigenvalue weighted by molar-refractivity contribution is 8.06. The summed E-state index contributed by atoms with van der Waals surface area (Å²) in [4.78, 5) is 0. The van der Waals surface area contributed by atoms with Crippen LogP contribution in [-0.2, 0) is 26.1 Å².